The van der Waals surface area contributed by atoms with Gasteiger partial charge in [0.2, 0.25) is 0 Å². The van der Waals surface area contributed by atoms with E-state index in [1.165, 1.54) is 6.07 Å². The standard InChI is InChI=1S/C14H12F2N2O2/c15-11-5-10(6-12(16)8-11)13(17)7-9-3-1-2-4-14(9)18(19)20/h1-6,8,13H,7,17H2. The minimum absolute atomic E-state index is 0.0557. The van der Waals surface area contributed by atoms with Gasteiger partial charge in [-0.3, -0.25) is 10.1 Å². The highest BCUT2D eigenvalue weighted by molar-refractivity contribution is 5.41. The zero-order valence-corrected chi connectivity index (χ0v) is 10.4. The van der Waals surface area contributed by atoms with Crippen molar-refractivity contribution < 1.29 is 13.7 Å². The zero-order chi connectivity index (χ0) is 14.7. The third-order valence-corrected chi connectivity index (χ3v) is 2.94. The fraction of sp³-hybridized carbons (Fsp3) is 0.143. The van der Waals surface area contributed by atoms with Gasteiger partial charge in [-0.1, -0.05) is 18.2 Å². The maximum Gasteiger partial charge on any atom is 0.272 e. The van der Waals surface area contributed by atoms with E-state index in [-0.39, 0.29) is 17.7 Å². The van der Waals surface area contributed by atoms with E-state index in [0.29, 0.717) is 5.56 Å². The number of hydrogen-bond donors (Lipinski definition) is 1. The van der Waals surface area contributed by atoms with Crippen molar-refractivity contribution in [1.82, 2.24) is 0 Å². The molecule has 2 aromatic carbocycles. The molecule has 0 bridgehead atoms. The summed E-state index contributed by atoms with van der Waals surface area (Å²) in [6.07, 6.45) is 0.125. The number of nitrogens with two attached hydrogens (primary N) is 1. The number of nitro benzene ring substituents is 1. The molecule has 1 atom stereocenters. The van der Waals surface area contributed by atoms with Crippen LogP contribution in [0.3, 0.4) is 0 Å². The van der Waals surface area contributed by atoms with E-state index in [1.54, 1.807) is 18.2 Å². The Kier molecular flexibility index (Phi) is 4.05. The van der Waals surface area contributed by atoms with Crippen LogP contribution in [0.5, 0.6) is 0 Å². The summed E-state index contributed by atoms with van der Waals surface area (Å²) in [6, 6.07) is 8.44. The maximum absolute atomic E-state index is 13.1. The van der Waals surface area contributed by atoms with Crippen molar-refractivity contribution in [3.63, 3.8) is 0 Å². The molecule has 0 amide bonds. The number of rotatable bonds is 4. The van der Waals surface area contributed by atoms with Crippen LogP contribution in [0.1, 0.15) is 17.2 Å². The minimum Gasteiger partial charge on any atom is -0.324 e. The molecule has 0 saturated carbocycles. The summed E-state index contributed by atoms with van der Waals surface area (Å²) in [6.45, 7) is 0. The predicted molar refractivity (Wildman–Crippen MR) is 70.1 cm³/mol. The number of benzene rings is 2. The lowest BCUT2D eigenvalue weighted by Crippen LogP contribution is -2.14. The number of nitrogens with zero attached hydrogens (tertiary/aromatic N) is 1. The molecule has 0 heterocycles. The van der Waals surface area contributed by atoms with Gasteiger partial charge in [-0.25, -0.2) is 8.78 Å². The number of para-hydroxylation sites is 1. The molecule has 2 aromatic rings. The molecule has 104 valence electrons. The first kappa shape index (κ1) is 14.1. The highest BCUT2D eigenvalue weighted by Gasteiger charge is 2.17. The van der Waals surface area contributed by atoms with Crippen molar-refractivity contribution in [2.75, 3.05) is 0 Å². The molecule has 0 spiro atoms. The van der Waals surface area contributed by atoms with Crippen LogP contribution in [-0.2, 0) is 6.42 Å². The topological polar surface area (TPSA) is 69.2 Å². The van der Waals surface area contributed by atoms with Crippen molar-refractivity contribution in [1.29, 1.82) is 0 Å². The van der Waals surface area contributed by atoms with Crippen LogP contribution in [0.15, 0.2) is 42.5 Å². The van der Waals surface area contributed by atoms with Crippen LogP contribution >= 0.6 is 0 Å². The average molecular weight is 278 g/mol. The van der Waals surface area contributed by atoms with Crippen LogP contribution in [0.4, 0.5) is 14.5 Å². The highest BCUT2D eigenvalue weighted by atomic mass is 19.1. The second kappa shape index (κ2) is 5.75. The molecule has 2 N–H and O–H groups in total. The maximum atomic E-state index is 13.1. The Morgan fingerprint density at radius 3 is 2.35 bits per heavy atom. The van der Waals surface area contributed by atoms with Crippen molar-refractivity contribution in [2.24, 2.45) is 5.73 Å². The van der Waals surface area contributed by atoms with Gasteiger partial charge in [0.05, 0.1) is 4.92 Å². The molecular weight excluding hydrogens is 266 g/mol. The second-order valence-electron chi connectivity index (χ2n) is 4.40. The van der Waals surface area contributed by atoms with E-state index in [4.69, 9.17) is 5.73 Å². The van der Waals surface area contributed by atoms with Gasteiger partial charge in [0, 0.05) is 23.7 Å². The lowest BCUT2D eigenvalue weighted by atomic mass is 9.98. The summed E-state index contributed by atoms with van der Waals surface area (Å²) in [7, 11) is 0. The van der Waals surface area contributed by atoms with Gasteiger partial charge >= 0.3 is 0 Å². The molecule has 0 aromatic heterocycles. The van der Waals surface area contributed by atoms with Crippen LogP contribution in [0, 0.1) is 21.7 Å². The SMILES string of the molecule is NC(Cc1ccccc1[N+](=O)[O-])c1cc(F)cc(F)c1. The van der Waals surface area contributed by atoms with Gasteiger partial charge in [-0.2, -0.15) is 0 Å². The van der Waals surface area contributed by atoms with E-state index < -0.39 is 22.6 Å². The molecule has 0 saturated heterocycles. The first-order valence-corrected chi connectivity index (χ1v) is 5.91. The molecule has 20 heavy (non-hydrogen) atoms. The summed E-state index contributed by atoms with van der Waals surface area (Å²) >= 11 is 0. The fourth-order valence-electron chi connectivity index (χ4n) is 2.01. The molecule has 0 radical (unpaired) electrons. The molecule has 0 aliphatic rings. The van der Waals surface area contributed by atoms with Crippen LogP contribution in [0.2, 0.25) is 0 Å². The Hall–Kier alpha value is -2.34. The number of nitro groups is 1. The molecule has 1 unspecified atom stereocenters. The van der Waals surface area contributed by atoms with Crippen LogP contribution < -0.4 is 5.73 Å². The van der Waals surface area contributed by atoms with Gasteiger partial charge in [0.15, 0.2) is 0 Å². The normalized spacial score (nSPS) is 12.2. The summed E-state index contributed by atoms with van der Waals surface area (Å²) in [5.74, 6) is -1.45. The van der Waals surface area contributed by atoms with Gasteiger partial charge in [0.1, 0.15) is 11.6 Å². The molecule has 2 rings (SSSR count). The Morgan fingerprint density at radius 1 is 1.15 bits per heavy atom. The monoisotopic (exact) mass is 278 g/mol. The number of hydrogen-bond acceptors (Lipinski definition) is 3. The minimum atomic E-state index is -0.724. The first-order chi connectivity index (χ1) is 9.47. The molecule has 6 heteroatoms. The van der Waals surface area contributed by atoms with E-state index in [1.807, 2.05) is 0 Å². The van der Waals surface area contributed by atoms with Crippen LogP contribution in [0.25, 0.3) is 0 Å². The van der Waals surface area contributed by atoms with E-state index >= 15 is 0 Å². The average Bonchev–Trinajstić information content (AvgIpc) is 2.37. The second-order valence-corrected chi connectivity index (χ2v) is 4.40. The molecule has 4 nitrogen and oxygen atoms in total. The largest absolute Gasteiger partial charge is 0.324 e. The smallest absolute Gasteiger partial charge is 0.272 e. The van der Waals surface area contributed by atoms with Gasteiger partial charge in [-0.15, -0.1) is 0 Å². The van der Waals surface area contributed by atoms with E-state index in [9.17, 15) is 18.9 Å². The van der Waals surface area contributed by atoms with Gasteiger partial charge in [-0.05, 0) is 24.1 Å². The van der Waals surface area contributed by atoms with Crippen molar-refractivity contribution in [2.45, 2.75) is 12.5 Å². The zero-order valence-electron chi connectivity index (χ0n) is 10.4. The summed E-state index contributed by atoms with van der Waals surface area (Å²) in [5.41, 5.74) is 6.51. The molecule has 0 fully saturated rings. The fourth-order valence-corrected chi connectivity index (χ4v) is 2.01. The van der Waals surface area contributed by atoms with Crippen LogP contribution in [-0.4, -0.2) is 4.92 Å². The summed E-state index contributed by atoms with van der Waals surface area (Å²) < 4.78 is 26.3. The molecule has 0 aliphatic carbocycles. The van der Waals surface area contributed by atoms with Crippen molar-refractivity contribution >= 4 is 5.69 Å². The lowest BCUT2D eigenvalue weighted by Gasteiger charge is -2.12. The van der Waals surface area contributed by atoms with Gasteiger partial charge < -0.3 is 5.73 Å². The quantitative estimate of drug-likeness (QED) is 0.690. The Morgan fingerprint density at radius 2 is 1.75 bits per heavy atom. The van der Waals surface area contributed by atoms with Gasteiger partial charge in [0.25, 0.3) is 5.69 Å². The molecular formula is C14H12F2N2O2. The summed E-state index contributed by atoms with van der Waals surface area (Å²) in [5, 5.41) is 10.9. The Balaban J connectivity index is 2.28. The highest BCUT2D eigenvalue weighted by Crippen LogP contribution is 2.24. The number of halogens is 2. The van der Waals surface area contributed by atoms with Crippen molar-refractivity contribution in [3.8, 4) is 0 Å². The Bertz CT molecular complexity index is 627. The third-order valence-electron chi connectivity index (χ3n) is 2.94. The Labute approximate surface area is 114 Å². The summed E-state index contributed by atoms with van der Waals surface area (Å²) in [4.78, 5) is 10.4. The van der Waals surface area contributed by atoms with E-state index in [2.05, 4.69) is 0 Å². The predicted octanol–water partition coefficient (Wildman–Crippen LogP) is 3.12. The third kappa shape index (κ3) is 3.16. The van der Waals surface area contributed by atoms with Crippen molar-refractivity contribution in [3.05, 3.63) is 75.3 Å². The first-order valence-electron chi connectivity index (χ1n) is 5.91. The van der Waals surface area contributed by atoms with E-state index in [0.717, 1.165) is 18.2 Å². The lowest BCUT2D eigenvalue weighted by molar-refractivity contribution is -0.385. The molecule has 0 aliphatic heterocycles.